The summed E-state index contributed by atoms with van der Waals surface area (Å²) in [4.78, 5) is 120. The summed E-state index contributed by atoms with van der Waals surface area (Å²) in [7, 11) is 2.19. The molecule has 9 aromatic heterocycles. The van der Waals surface area contributed by atoms with Crippen LogP contribution in [0.25, 0.3) is 82.9 Å². The van der Waals surface area contributed by atoms with Crippen molar-refractivity contribution < 1.29 is 28.6 Å². The number of hydrogen-bond donors (Lipinski definition) is 3. The van der Waals surface area contributed by atoms with E-state index in [2.05, 4.69) is 197 Å². The Bertz CT molecular complexity index is 7440. The molecule has 1 atom stereocenters. The van der Waals surface area contributed by atoms with Crippen LogP contribution in [0, 0.1) is 0 Å². The number of likely N-dealkylation sites (tertiary alicyclic amines) is 3. The number of likely N-dealkylation sites (N-methyl/N-ethyl adjacent to an activating group) is 1. The van der Waals surface area contributed by atoms with E-state index in [1.54, 1.807) is 47.3 Å². The van der Waals surface area contributed by atoms with Gasteiger partial charge in [-0.1, -0.05) is 43.4 Å². The predicted octanol–water partition coefficient (Wildman–Crippen LogP) is 15.0. The van der Waals surface area contributed by atoms with Gasteiger partial charge < -0.3 is 73.3 Å². The van der Waals surface area contributed by atoms with Gasteiger partial charge in [-0.2, -0.15) is 15.0 Å². The minimum Gasteiger partial charge on any atom is -0.482 e. The zero-order valence-corrected chi connectivity index (χ0v) is 76.2. The van der Waals surface area contributed by atoms with Gasteiger partial charge >= 0.3 is 0 Å². The zero-order chi connectivity index (χ0) is 91.6. The Morgan fingerprint density at radius 2 is 0.756 bits per heavy atom. The number of aromatic nitrogens is 15. The van der Waals surface area contributed by atoms with E-state index in [1.807, 2.05) is 86.9 Å². The highest BCUT2D eigenvalue weighted by molar-refractivity contribution is 6.01. The van der Waals surface area contributed by atoms with Crippen molar-refractivity contribution in [2.24, 2.45) is 0 Å². The van der Waals surface area contributed by atoms with Crippen molar-refractivity contribution in [2.75, 3.05) is 123 Å². The quantitative estimate of drug-likeness (QED) is 0.101. The smallest absolute Gasteiger partial charge is 0.278 e. The first-order valence-electron chi connectivity index (χ1n) is 47.5. The third-order valence-corrected chi connectivity index (χ3v) is 28.0. The number of fused-ring (bicyclic) bond motifs is 18. The van der Waals surface area contributed by atoms with E-state index in [9.17, 15) is 28.8 Å². The minimum absolute atomic E-state index is 0.0235. The molecule has 6 aromatic carbocycles. The van der Waals surface area contributed by atoms with Crippen molar-refractivity contribution in [3.05, 3.63) is 232 Å². The Balaban J connectivity index is 0.000000118. The first kappa shape index (κ1) is 85.8. The Labute approximate surface area is 777 Å². The van der Waals surface area contributed by atoms with Crippen molar-refractivity contribution >= 4 is 135 Å². The van der Waals surface area contributed by atoms with Gasteiger partial charge in [0.05, 0.1) is 53.8 Å². The molecule has 3 amide bonds. The summed E-state index contributed by atoms with van der Waals surface area (Å²) < 4.78 is 34.9. The number of anilines is 9. The molecule has 0 radical (unpaired) electrons. The molecule has 6 bridgehead atoms. The summed E-state index contributed by atoms with van der Waals surface area (Å²) in [5.74, 6) is 2.94. The van der Waals surface area contributed by atoms with Crippen LogP contribution in [0.5, 0.6) is 17.2 Å². The van der Waals surface area contributed by atoms with Gasteiger partial charge in [0.1, 0.15) is 33.4 Å². The first-order chi connectivity index (χ1) is 66.0. The highest BCUT2D eigenvalue weighted by atomic mass is 16.5. The first-order valence-corrected chi connectivity index (χ1v) is 47.5. The number of carbonyl (C=O) groups excluding carboxylic acids is 3. The van der Waals surface area contributed by atoms with Crippen molar-refractivity contribution in [1.82, 2.24) is 86.4 Å². The fourth-order valence-corrected chi connectivity index (χ4v) is 20.9. The summed E-state index contributed by atoms with van der Waals surface area (Å²) in [6, 6.07) is 44.6. The molecule has 3 N–H and O–H groups in total. The monoisotopic (exact) mass is 1810 g/mol. The Hall–Kier alpha value is -14.7. The van der Waals surface area contributed by atoms with Gasteiger partial charge in [-0.3, -0.25) is 28.8 Å². The molecule has 15 aromatic rings. The number of allylic oxidation sites excluding steroid dienone is 6. The molecule has 0 spiro atoms. The molecule has 0 aliphatic carbocycles. The van der Waals surface area contributed by atoms with E-state index in [4.69, 9.17) is 29.2 Å². The third kappa shape index (κ3) is 16.5. The number of piperidine rings is 3. The largest absolute Gasteiger partial charge is 0.482 e. The lowest BCUT2D eigenvalue weighted by molar-refractivity contribution is -0.122. The molecule has 690 valence electrons. The number of hydrogen-bond acceptors (Lipinski definition) is 21. The summed E-state index contributed by atoms with van der Waals surface area (Å²) in [6.45, 7) is 17.7. The molecule has 0 saturated carbocycles. The van der Waals surface area contributed by atoms with Gasteiger partial charge in [0.2, 0.25) is 17.8 Å². The van der Waals surface area contributed by atoms with Crippen LogP contribution in [-0.4, -0.2) is 202 Å². The molecule has 135 heavy (non-hydrogen) atoms. The van der Waals surface area contributed by atoms with Crippen LogP contribution in [0.3, 0.4) is 0 Å². The SMILES string of the molecule is CC(C)N1CCC(n2ccc3cc(Nc4ncc5c(=O)n6n(c5n4)-c4ccc5c(c4)N(CCCC=CC6)C(=O)CO5)ccc32)CC1.CCN1CCC(n2ccc3cc(Nc4ncc5c(=O)n6n(c5n4)-c4ccc5c(c4)N(CCCC=CC6)C(=O)CO5)ccc32)CC1.CN1CCCC(n2ccc3cc(Nc4ncc5c(=O)n6n(c5n4)-c4ccc5c(c4)N(CCCC=CC6)C(=O)CO5)ccc32)C1. The van der Waals surface area contributed by atoms with E-state index in [-0.39, 0.29) is 54.2 Å². The number of amides is 3. The molecule has 33 heteroatoms. The summed E-state index contributed by atoms with van der Waals surface area (Å²) in [6.07, 6.45) is 35.4. The van der Waals surface area contributed by atoms with Gasteiger partial charge in [0.25, 0.3) is 34.4 Å². The summed E-state index contributed by atoms with van der Waals surface area (Å²) in [5.41, 5.74) is 11.5. The molecule has 9 aliphatic heterocycles. The number of ether oxygens (including phenoxy) is 3. The molecule has 3 saturated heterocycles. The molecule has 18 heterocycles. The van der Waals surface area contributed by atoms with E-state index in [0.717, 1.165) is 155 Å². The Morgan fingerprint density at radius 1 is 0.393 bits per heavy atom. The van der Waals surface area contributed by atoms with Crippen LogP contribution in [0.2, 0.25) is 0 Å². The van der Waals surface area contributed by atoms with E-state index < -0.39 is 0 Å². The van der Waals surface area contributed by atoms with Gasteiger partial charge in [0, 0.05) is 163 Å². The maximum Gasteiger partial charge on any atom is 0.278 e. The Kier molecular flexibility index (Phi) is 23.1. The number of carbonyl (C=O) groups is 3. The standard InChI is InChI=1S/C35H38N8O3.C34H36N8O3.C33H34N8O3/c1-23(2)39-16-12-26(13-17-39)40-18-11-24-19-25(7-9-29(24)40)37-35-36-21-28-33(38-35)43-27-8-10-31-30(20-27)41(32(44)22-46-31)14-5-3-4-6-15-42(43)34(28)45;1-2-38-16-12-25(13-17-38)39-18-11-23-19-24(7-9-28(23)39)36-34-35-21-27-32(37-34)42-26-8-10-30-29(20-26)40(31(43)22-45-30)14-5-3-4-6-15-41(42)33(27)44;1-37-13-6-7-25(20-37)38-16-12-22-17-23(8-10-27(22)38)35-33-34-19-26-31(36-33)41-24-9-11-29-28(18-24)39(30(42)21-44-29)14-4-2-3-5-15-40(41)32(26)43/h4,6-11,18-21,23,26H,3,5,12-17,22H2,1-2H3,(H,36,37,38);4,6-11,18-21,25H,2-3,5,12-17,22H2,1H3,(H,35,36,37);3,5,8-12,16-19,25H,2,4,6-7,13-15,20-21H2,1H3,(H,34,35,36). The third-order valence-electron chi connectivity index (χ3n) is 28.0. The molecule has 33 nitrogen and oxygen atoms in total. The van der Waals surface area contributed by atoms with Crippen LogP contribution in [0.15, 0.2) is 215 Å². The fourth-order valence-electron chi connectivity index (χ4n) is 20.9. The Morgan fingerprint density at radius 3 is 1.11 bits per heavy atom. The van der Waals surface area contributed by atoms with Crippen molar-refractivity contribution in [3.8, 4) is 34.3 Å². The molecular formula is C102H108N24O9. The highest BCUT2D eigenvalue weighted by Crippen LogP contribution is 2.42. The van der Waals surface area contributed by atoms with Crippen molar-refractivity contribution in [1.29, 1.82) is 0 Å². The molecule has 3 fully saturated rings. The van der Waals surface area contributed by atoms with Gasteiger partial charge in [-0.25, -0.2) is 43.0 Å². The average Bonchev–Trinajstić information content (AvgIpc) is 1.61. The lowest BCUT2D eigenvalue weighted by atomic mass is 10.0. The zero-order valence-electron chi connectivity index (χ0n) is 76.2. The van der Waals surface area contributed by atoms with Crippen LogP contribution < -0.4 is 61.5 Å². The highest BCUT2D eigenvalue weighted by Gasteiger charge is 2.34. The van der Waals surface area contributed by atoms with Gasteiger partial charge in [-0.05, 0) is 238 Å². The topological polar surface area (TPSA) is 307 Å². The lowest BCUT2D eigenvalue weighted by Gasteiger charge is -2.35. The van der Waals surface area contributed by atoms with E-state index in [1.165, 1.54) is 29.4 Å². The maximum absolute atomic E-state index is 13.6. The summed E-state index contributed by atoms with van der Waals surface area (Å²) in [5, 5.41) is 14.8. The lowest BCUT2D eigenvalue weighted by Crippen LogP contribution is -2.39. The van der Waals surface area contributed by atoms with E-state index >= 15 is 0 Å². The molecule has 1 unspecified atom stereocenters. The van der Waals surface area contributed by atoms with Crippen LogP contribution in [-0.2, 0) is 34.0 Å². The van der Waals surface area contributed by atoms with Crippen LogP contribution in [0.4, 0.5) is 52.0 Å². The van der Waals surface area contributed by atoms with E-state index in [0.29, 0.717) is 154 Å². The predicted molar refractivity (Wildman–Crippen MR) is 525 cm³/mol. The second-order valence-electron chi connectivity index (χ2n) is 36.6. The maximum atomic E-state index is 13.6. The summed E-state index contributed by atoms with van der Waals surface area (Å²) >= 11 is 0. The average molecular weight is 1810 g/mol. The van der Waals surface area contributed by atoms with Gasteiger partial charge in [-0.15, -0.1) is 0 Å². The molecule has 9 aliphatic rings. The molecule has 24 rings (SSSR count). The second-order valence-corrected chi connectivity index (χ2v) is 36.6. The second kappa shape index (κ2) is 36.4. The normalized spacial score (nSPS) is 18.1. The van der Waals surface area contributed by atoms with Crippen molar-refractivity contribution in [2.45, 2.75) is 142 Å². The number of nitrogens with zero attached hydrogens (tertiary/aromatic N) is 21. The minimum atomic E-state index is -0.175. The van der Waals surface area contributed by atoms with Gasteiger partial charge in [0.15, 0.2) is 36.8 Å². The number of benzene rings is 6. The van der Waals surface area contributed by atoms with Crippen LogP contribution in [0.1, 0.15) is 116 Å². The van der Waals surface area contributed by atoms with Crippen LogP contribution >= 0.6 is 0 Å². The number of rotatable bonds is 11. The fraction of sp³-hybridized carbons (Fsp3) is 0.353. The van der Waals surface area contributed by atoms with Crippen molar-refractivity contribution in [3.63, 3.8) is 0 Å². The number of nitrogens with one attached hydrogen (secondary N) is 3. The molecular weight excluding hydrogens is 1710 g/mol.